The van der Waals surface area contributed by atoms with E-state index in [1.54, 1.807) is 7.11 Å². The predicted octanol–water partition coefficient (Wildman–Crippen LogP) is 2.15. The molecule has 0 radical (unpaired) electrons. The molecule has 3 heterocycles. The van der Waals surface area contributed by atoms with Crippen LogP contribution in [0.4, 0.5) is 0 Å². The number of hydrogen-bond acceptors (Lipinski definition) is 3. The van der Waals surface area contributed by atoms with Crippen LogP contribution in [0, 0.1) is 5.92 Å². The van der Waals surface area contributed by atoms with Gasteiger partial charge in [-0.15, -0.1) is 0 Å². The smallest absolute Gasteiger partial charge is 0.225 e. The Morgan fingerprint density at radius 2 is 2.00 bits per heavy atom. The zero-order valence-corrected chi connectivity index (χ0v) is 13.4. The molecule has 0 aliphatic carbocycles. The van der Waals surface area contributed by atoms with Crippen LogP contribution in [-0.2, 0) is 16.1 Å². The summed E-state index contributed by atoms with van der Waals surface area (Å²) in [7, 11) is 1.66. The Morgan fingerprint density at radius 1 is 1.18 bits per heavy atom. The Balaban J connectivity index is 1.64. The van der Waals surface area contributed by atoms with E-state index >= 15 is 0 Å². The zero-order chi connectivity index (χ0) is 15.4. The summed E-state index contributed by atoms with van der Waals surface area (Å²) in [6.45, 7) is 4.57. The molecule has 4 rings (SSSR count). The normalized spacial score (nSPS) is 25.2. The minimum atomic E-state index is 0.262. The lowest BCUT2D eigenvalue weighted by molar-refractivity contribution is -0.136. The molecule has 4 heteroatoms. The van der Waals surface area contributed by atoms with Gasteiger partial charge in [0.05, 0.1) is 13.0 Å². The van der Waals surface area contributed by atoms with Crippen LogP contribution in [-0.4, -0.2) is 55.1 Å². The molecule has 3 aliphatic rings. The molecule has 0 spiro atoms. The first-order valence-corrected chi connectivity index (χ1v) is 8.31. The molecular weight excluding hydrogens is 276 g/mol. The lowest BCUT2D eigenvalue weighted by Crippen LogP contribution is -2.47. The summed E-state index contributed by atoms with van der Waals surface area (Å²) in [5.41, 5.74) is 1.36. The van der Waals surface area contributed by atoms with Crippen LogP contribution in [0.2, 0.25) is 0 Å². The lowest BCUT2D eigenvalue weighted by Gasteiger charge is -2.36. The van der Waals surface area contributed by atoms with Crippen molar-refractivity contribution in [3.63, 3.8) is 0 Å². The highest BCUT2D eigenvalue weighted by molar-refractivity contribution is 5.76. The summed E-state index contributed by atoms with van der Waals surface area (Å²) in [4.78, 5) is 17.0. The van der Waals surface area contributed by atoms with E-state index in [9.17, 15) is 4.79 Å². The Labute approximate surface area is 133 Å². The standard InChI is InChI=1S/C18H26N2O2/c1-22-10-9-18(21)20-13-16-7-8-17(20)14-19(12-16)11-15-5-3-2-4-6-15/h2-6,16-17H,7-14H2,1H3/t16-,17+/m0/s1. The molecule has 2 atom stereocenters. The summed E-state index contributed by atoms with van der Waals surface area (Å²) in [6, 6.07) is 11.0. The predicted molar refractivity (Wildman–Crippen MR) is 86.4 cm³/mol. The number of fused-ring (bicyclic) bond motifs is 4. The number of carbonyl (C=O) groups is 1. The summed E-state index contributed by atoms with van der Waals surface area (Å²) in [5, 5.41) is 0. The first kappa shape index (κ1) is 15.5. The largest absolute Gasteiger partial charge is 0.384 e. The number of ether oxygens (including phenoxy) is 1. The van der Waals surface area contributed by atoms with Crippen molar-refractivity contribution in [1.82, 2.24) is 9.80 Å². The van der Waals surface area contributed by atoms with Crippen molar-refractivity contribution >= 4 is 5.91 Å². The minimum Gasteiger partial charge on any atom is -0.384 e. The van der Waals surface area contributed by atoms with Crippen LogP contribution < -0.4 is 0 Å². The monoisotopic (exact) mass is 302 g/mol. The average molecular weight is 302 g/mol. The molecule has 1 amide bonds. The molecule has 3 fully saturated rings. The van der Waals surface area contributed by atoms with Crippen molar-refractivity contribution < 1.29 is 9.53 Å². The van der Waals surface area contributed by atoms with Crippen molar-refractivity contribution in [2.24, 2.45) is 5.92 Å². The topological polar surface area (TPSA) is 32.8 Å². The number of hydrogen-bond donors (Lipinski definition) is 0. The van der Waals surface area contributed by atoms with Crippen molar-refractivity contribution in [2.45, 2.75) is 31.8 Å². The number of rotatable bonds is 5. The highest BCUT2D eigenvalue weighted by Crippen LogP contribution is 2.29. The number of benzene rings is 1. The highest BCUT2D eigenvalue weighted by atomic mass is 16.5. The molecule has 0 N–H and O–H groups in total. The summed E-state index contributed by atoms with van der Waals surface area (Å²) < 4.78 is 5.06. The Kier molecular flexibility index (Phi) is 5.11. The third-order valence-corrected chi connectivity index (χ3v) is 4.88. The molecule has 1 aromatic rings. The van der Waals surface area contributed by atoms with Crippen molar-refractivity contribution in [1.29, 1.82) is 0 Å². The van der Waals surface area contributed by atoms with Crippen molar-refractivity contribution in [2.75, 3.05) is 33.4 Å². The third kappa shape index (κ3) is 3.68. The van der Waals surface area contributed by atoms with Crippen LogP contribution in [0.15, 0.2) is 30.3 Å². The highest BCUT2D eigenvalue weighted by Gasteiger charge is 2.36. The summed E-state index contributed by atoms with van der Waals surface area (Å²) in [6.07, 6.45) is 2.91. The SMILES string of the molecule is COCCC(=O)N1C[C@H]2CC[C@@H]1CN(Cc1ccccc1)C2. The molecule has 0 saturated carbocycles. The van der Waals surface area contributed by atoms with Gasteiger partial charge >= 0.3 is 0 Å². The van der Waals surface area contributed by atoms with E-state index < -0.39 is 0 Å². The molecule has 3 aliphatic heterocycles. The summed E-state index contributed by atoms with van der Waals surface area (Å²) >= 11 is 0. The van der Waals surface area contributed by atoms with Gasteiger partial charge in [0.1, 0.15) is 0 Å². The fourth-order valence-corrected chi connectivity index (χ4v) is 3.79. The van der Waals surface area contributed by atoms with Crippen LogP contribution in [0.5, 0.6) is 0 Å². The molecule has 120 valence electrons. The number of amides is 1. The van der Waals surface area contributed by atoms with Gasteiger partial charge in [0, 0.05) is 39.3 Å². The van der Waals surface area contributed by atoms with E-state index in [1.807, 2.05) is 0 Å². The second-order valence-corrected chi connectivity index (χ2v) is 6.57. The maximum atomic E-state index is 12.4. The van der Waals surface area contributed by atoms with Gasteiger partial charge < -0.3 is 9.64 Å². The second kappa shape index (κ2) is 7.25. The third-order valence-electron chi connectivity index (χ3n) is 4.88. The quantitative estimate of drug-likeness (QED) is 0.835. The number of piperidine rings is 1. The number of nitrogens with zero attached hydrogens (tertiary/aromatic N) is 2. The average Bonchev–Trinajstić information content (AvgIpc) is 2.84. The Bertz CT molecular complexity index is 491. The molecule has 3 saturated heterocycles. The Hall–Kier alpha value is -1.39. The van der Waals surface area contributed by atoms with Gasteiger partial charge in [0.25, 0.3) is 0 Å². The van der Waals surface area contributed by atoms with E-state index in [4.69, 9.17) is 4.74 Å². The number of methoxy groups -OCH3 is 1. The van der Waals surface area contributed by atoms with Gasteiger partial charge in [-0.25, -0.2) is 0 Å². The molecular formula is C18H26N2O2. The fourth-order valence-electron chi connectivity index (χ4n) is 3.79. The van der Waals surface area contributed by atoms with Crippen molar-refractivity contribution in [3.8, 4) is 0 Å². The van der Waals surface area contributed by atoms with Gasteiger partial charge in [-0.2, -0.15) is 0 Å². The van der Waals surface area contributed by atoms with Gasteiger partial charge in [-0.3, -0.25) is 9.69 Å². The summed E-state index contributed by atoms with van der Waals surface area (Å²) in [5.74, 6) is 0.882. The Morgan fingerprint density at radius 3 is 2.77 bits per heavy atom. The van der Waals surface area contributed by atoms with Crippen LogP contribution >= 0.6 is 0 Å². The molecule has 0 aromatic heterocycles. The van der Waals surface area contributed by atoms with Crippen LogP contribution in [0.3, 0.4) is 0 Å². The minimum absolute atomic E-state index is 0.262. The van der Waals surface area contributed by atoms with E-state index in [2.05, 4.69) is 40.1 Å². The first-order chi connectivity index (χ1) is 10.8. The van der Waals surface area contributed by atoms with Gasteiger partial charge in [0.2, 0.25) is 5.91 Å². The lowest BCUT2D eigenvalue weighted by atomic mass is 9.95. The fraction of sp³-hybridized carbons (Fsp3) is 0.611. The second-order valence-electron chi connectivity index (χ2n) is 6.57. The molecule has 22 heavy (non-hydrogen) atoms. The zero-order valence-electron chi connectivity index (χ0n) is 13.4. The van der Waals surface area contributed by atoms with E-state index in [-0.39, 0.29) is 5.91 Å². The maximum absolute atomic E-state index is 12.4. The first-order valence-electron chi connectivity index (χ1n) is 8.31. The van der Waals surface area contributed by atoms with Crippen molar-refractivity contribution in [3.05, 3.63) is 35.9 Å². The van der Waals surface area contributed by atoms with Gasteiger partial charge in [-0.1, -0.05) is 30.3 Å². The van der Waals surface area contributed by atoms with Crippen LogP contribution in [0.25, 0.3) is 0 Å². The molecule has 2 bridgehead atoms. The van der Waals surface area contributed by atoms with E-state index in [0.29, 0.717) is 25.0 Å². The van der Waals surface area contributed by atoms with E-state index in [0.717, 1.165) is 32.6 Å². The number of carbonyl (C=O) groups excluding carboxylic acids is 1. The van der Waals surface area contributed by atoms with Crippen LogP contribution in [0.1, 0.15) is 24.8 Å². The molecule has 1 aromatic carbocycles. The molecule has 4 nitrogen and oxygen atoms in total. The van der Waals surface area contributed by atoms with E-state index in [1.165, 1.54) is 12.0 Å². The van der Waals surface area contributed by atoms with Gasteiger partial charge in [-0.05, 0) is 24.3 Å². The molecule has 0 unspecified atom stereocenters. The van der Waals surface area contributed by atoms with Gasteiger partial charge in [0.15, 0.2) is 0 Å². The maximum Gasteiger partial charge on any atom is 0.225 e.